The molecule has 8 heteroatoms. The van der Waals surface area contributed by atoms with Gasteiger partial charge in [0.05, 0.1) is 18.1 Å². The van der Waals surface area contributed by atoms with Gasteiger partial charge in [0.25, 0.3) is 11.6 Å². The standard InChI is InChI=1S/C17H17ClN2O5/c1-10-8-13(4-6-14(10)18)25-11(2)17(21)19-15-7-5-12(24-3)9-16(15)20(22)23/h4-9,11H,1-3H3,(H,19,21). The van der Waals surface area contributed by atoms with Crippen molar-refractivity contribution in [3.8, 4) is 11.5 Å². The zero-order valence-electron chi connectivity index (χ0n) is 13.9. The second-order valence-corrected chi connectivity index (χ2v) is 5.71. The van der Waals surface area contributed by atoms with Crippen molar-refractivity contribution >= 4 is 28.9 Å². The van der Waals surface area contributed by atoms with Gasteiger partial charge in [-0.05, 0) is 49.7 Å². The van der Waals surface area contributed by atoms with Gasteiger partial charge in [0.2, 0.25) is 0 Å². The summed E-state index contributed by atoms with van der Waals surface area (Å²) in [4.78, 5) is 22.8. The van der Waals surface area contributed by atoms with Crippen LogP contribution in [0.5, 0.6) is 11.5 Å². The lowest BCUT2D eigenvalue weighted by Gasteiger charge is -2.15. The fourth-order valence-electron chi connectivity index (χ4n) is 2.08. The molecule has 1 atom stereocenters. The molecule has 0 aromatic heterocycles. The van der Waals surface area contributed by atoms with E-state index < -0.39 is 16.9 Å². The smallest absolute Gasteiger partial charge is 0.296 e. The van der Waals surface area contributed by atoms with Crippen LogP contribution in [0.15, 0.2) is 36.4 Å². The zero-order valence-corrected chi connectivity index (χ0v) is 14.7. The van der Waals surface area contributed by atoms with E-state index in [4.69, 9.17) is 21.1 Å². The van der Waals surface area contributed by atoms with E-state index in [0.717, 1.165) is 5.56 Å². The molecule has 132 valence electrons. The van der Waals surface area contributed by atoms with Gasteiger partial charge in [0, 0.05) is 5.02 Å². The minimum absolute atomic E-state index is 0.0681. The second-order valence-electron chi connectivity index (χ2n) is 5.30. The predicted octanol–water partition coefficient (Wildman–Crippen LogP) is 3.97. The summed E-state index contributed by atoms with van der Waals surface area (Å²) in [5.74, 6) is 0.292. The van der Waals surface area contributed by atoms with E-state index in [1.54, 1.807) is 25.1 Å². The molecule has 0 aliphatic carbocycles. The minimum atomic E-state index is -0.859. The monoisotopic (exact) mass is 364 g/mol. The van der Waals surface area contributed by atoms with Crippen LogP contribution in [0.25, 0.3) is 0 Å². The first kappa shape index (κ1) is 18.5. The van der Waals surface area contributed by atoms with Gasteiger partial charge in [0.15, 0.2) is 6.10 Å². The number of nitro benzene ring substituents is 1. The number of ether oxygens (including phenoxy) is 2. The number of nitro groups is 1. The van der Waals surface area contributed by atoms with Crippen LogP contribution < -0.4 is 14.8 Å². The molecule has 0 bridgehead atoms. The van der Waals surface area contributed by atoms with Gasteiger partial charge >= 0.3 is 0 Å². The lowest BCUT2D eigenvalue weighted by atomic mass is 10.2. The van der Waals surface area contributed by atoms with E-state index >= 15 is 0 Å². The van der Waals surface area contributed by atoms with Gasteiger partial charge in [-0.15, -0.1) is 0 Å². The molecule has 1 N–H and O–H groups in total. The zero-order chi connectivity index (χ0) is 18.6. The number of benzene rings is 2. The summed E-state index contributed by atoms with van der Waals surface area (Å²) in [7, 11) is 1.40. The molecule has 2 rings (SSSR count). The molecule has 0 saturated carbocycles. The van der Waals surface area contributed by atoms with Crippen LogP contribution in [0.2, 0.25) is 5.02 Å². The van der Waals surface area contributed by atoms with Crippen LogP contribution in [0.1, 0.15) is 12.5 Å². The molecular weight excluding hydrogens is 348 g/mol. The first-order valence-corrected chi connectivity index (χ1v) is 7.75. The molecule has 0 saturated heterocycles. The molecule has 0 fully saturated rings. The molecule has 25 heavy (non-hydrogen) atoms. The number of rotatable bonds is 6. The fourth-order valence-corrected chi connectivity index (χ4v) is 2.20. The molecular formula is C17H17ClN2O5. The maximum absolute atomic E-state index is 12.3. The molecule has 0 radical (unpaired) electrons. The van der Waals surface area contributed by atoms with Gasteiger partial charge in [-0.2, -0.15) is 0 Å². The number of anilines is 1. The lowest BCUT2D eigenvalue weighted by Crippen LogP contribution is -2.30. The van der Waals surface area contributed by atoms with Crippen molar-refractivity contribution in [1.82, 2.24) is 0 Å². The summed E-state index contributed by atoms with van der Waals surface area (Å²) in [5, 5.41) is 14.3. The largest absolute Gasteiger partial charge is 0.496 e. The number of methoxy groups -OCH3 is 1. The molecule has 7 nitrogen and oxygen atoms in total. The Balaban J connectivity index is 2.13. The second kappa shape index (κ2) is 7.85. The van der Waals surface area contributed by atoms with Crippen molar-refractivity contribution in [2.24, 2.45) is 0 Å². The summed E-state index contributed by atoms with van der Waals surface area (Å²) < 4.78 is 10.5. The third-order valence-corrected chi connectivity index (χ3v) is 3.90. The Bertz CT molecular complexity index is 810. The van der Waals surface area contributed by atoms with Crippen LogP contribution in [0, 0.1) is 17.0 Å². The Morgan fingerprint density at radius 2 is 1.92 bits per heavy atom. The van der Waals surface area contributed by atoms with E-state index in [9.17, 15) is 14.9 Å². The molecule has 2 aromatic carbocycles. The topological polar surface area (TPSA) is 90.7 Å². The maximum atomic E-state index is 12.3. The first-order valence-electron chi connectivity index (χ1n) is 7.38. The number of aryl methyl sites for hydroxylation is 1. The van der Waals surface area contributed by atoms with Crippen molar-refractivity contribution in [2.45, 2.75) is 20.0 Å². The fraction of sp³-hybridized carbons (Fsp3) is 0.235. The Kier molecular flexibility index (Phi) is 5.82. The van der Waals surface area contributed by atoms with Gasteiger partial charge in [-0.25, -0.2) is 0 Å². The van der Waals surface area contributed by atoms with Gasteiger partial charge in [0.1, 0.15) is 17.2 Å². The van der Waals surface area contributed by atoms with E-state index in [1.165, 1.54) is 25.3 Å². The van der Waals surface area contributed by atoms with Gasteiger partial charge < -0.3 is 14.8 Å². The highest BCUT2D eigenvalue weighted by Crippen LogP contribution is 2.29. The molecule has 0 aliphatic heterocycles. The third kappa shape index (κ3) is 4.60. The summed E-state index contributed by atoms with van der Waals surface area (Å²) in [6, 6.07) is 9.20. The number of nitrogens with zero attached hydrogens (tertiary/aromatic N) is 1. The highest BCUT2D eigenvalue weighted by molar-refractivity contribution is 6.31. The number of carbonyl (C=O) groups is 1. The average Bonchev–Trinajstić information content (AvgIpc) is 2.58. The number of hydrogen-bond acceptors (Lipinski definition) is 5. The van der Waals surface area contributed by atoms with Crippen molar-refractivity contribution < 1.29 is 19.2 Å². The highest BCUT2D eigenvalue weighted by atomic mass is 35.5. The van der Waals surface area contributed by atoms with Crippen LogP contribution in [0.4, 0.5) is 11.4 Å². The SMILES string of the molecule is COc1ccc(NC(=O)C(C)Oc2ccc(Cl)c(C)c2)c([N+](=O)[O-])c1. The number of nitrogens with one attached hydrogen (secondary N) is 1. The average molecular weight is 365 g/mol. The third-order valence-electron chi connectivity index (χ3n) is 3.47. The highest BCUT2D eigenvalue weighted by Gasteiger charge is 2.21. The number of carbonyl (C=O) groups excluding carboxylic acids is 1. The molecule has 0 aliphatic rings. The van der Waals surface area contributed by atoms with Gasteiger partial charge in [-0.1, -0.05) is 11.6 Å². The lowest BCUT2D eigenvalue weighted by molar-refractivity contribution is -0.384. The van der Waals surface area contributed by atoms with Crippen molar-refractivity contribution in [1.29, 1.82) is 0 Å². The van der Waals surface area contributed by atoms with Gasteiger partial charge in [-0.3, -0.25) is 14.9 Å². The Hall–Kier alpha value is -2.80. The quantitative estimate of drug-likeness (QED) is 0.618. The van der Waals surface area contributed by atoms with Crippen LogP contribution in [0.3, 0.4) is 0 Å². The van der Waals surface area contributed by atoms with E-state index in [-0.39, 0.29) is 11.4 Å². The molecule has 0 spiro atoms. The molecule has 2 aromatic rings. The summed E-state index contributed by atoms with van der Waals surface area (Å²) >= 11 is 5.95. The summed E-state index contributed by atoms with van der Waals surface area (Å²) in [6.45, 7) is 3.37. The molecule has 0 heterocycles. The van der Waals surface area contributed by atoms with Crippen molar-refractivity contribution in [3.63, 3.8) is 0 Å². The number of amides is 1. The number of hydrogen-bond donors (Lipinski definition) is 1. The first-order chi connectivity index (χ1) is 11.8. The molecule has 1 unspecified atom stereocenters. The Morgan fingerprint density at radius 3 is 2.52 bits per heavy atom. The Morgan fingerprint density at radius 1 is 1.24 bits per heavy atom. The minimum Gasteiger partial charge on any atom is -0.496 e. The van der Waals surface area contributed by atoms with E-state index in [1.807, 2.05) is 6.92 Å². The van der Waals surface area contributed by atoms with Crippen LogP contribution in [-0.4, -0.2) is 24.0 Å². The van der Waals surface area contributed by atoms with Crippen LogP contribution in [-0.2, 0) is 4.79 Å². The van der Waals surface area contributed by atoms with Crippen LogP contribution >= 0.6 is 11.6 Å². The normalized spacial score (nSPS) is 11.5. The molecule has 1 amide bonds. The van der Waals surface area contributed by atoms with Crippen molar-refractivity contribution in [3.05, 3.63) is 57.1 Å². The summed E-state index contributed by atoms with van der Waals surface area (Å²) in [5.41, 5.74) is 0.623. The van der Waals surface area contributed by atoms with Crippen molar-refractivity contribution in [2.75, 3.05) is 12.4 Å². The number of halogens is 1. The van der Waals surface area contributed by atoms with E-state index in [0.29, 0.717) is 16.5 Å². The Labute approximate surface area is 149 Å². The summed E-state index contributed by atoms with van der Waals surface area (Å²) in [6.07, 6.45) is -0.859. The predicted molar refractivity (Wildman–Crippen MR) is 94.6 cm³/mol. The maximum Gasteiger partial charge on any atom is 0.296 e. The van der Waals surface area contributed by atoms with E-state index in [2.05, 4.69) is 5.32 Å².